The van der Waals surface area contributed by atoms with Crippen LogP contribution < -0.4 is 5.59 Å². The van der Waals surface area contributed by atoms with Gasteiger partial charge in [0.2, 0.25) is 0 Å². The Morgan fingerprint density at radius 3 is 2.83 bits per heavy atom. The summed E-state index contributed by atoms with van der Waals surface area (Å²) in [6, 6.07) is 9.89. The second-order valence-corrected chi connectivity index (χ2v) is 2.88. The van der Waals surface area contributed by atoms with Gasteiger partial charge in [-0.1, -0.05) is 18.2 Å². The lowest BCUT2D eigenvalue weighted by molar-refractivity contribution is 1.42. The molecule has 0 aliphatic rings. The molecule has 1 aromatic heterocycles. The highest BCUT2D eigenvalue weighted by Crippen LogP contribution is 2.13. The van der Waals surface area contributed by atoms with E-state index in [1.54, 1.807) is 0 Å². The van der Waals surface area contributed by atoms with E-state index >= 15 is 0 Å². The second kappa shape index (κ2) is 2.63. The molecule has 1 aromatic carbocycles. The van der Waals surface area contributed by atoms with Crippen molar-refractivity contribution in [3.63, 3.8) is 0 Å². The highest BCUT2D eigenvalue weighted by Gasteiger charge is 1.97. The summed E-state index contributed by atoms with van der Waals surface area (Å²) in [6.07, 6.45) is 0. The first-order valence-electron chi connectivity index (χ1n) is 3.89. The molecule has 0 atom stereocenters. The number of nitrogens with zero attached hydrogens (tertiary/aromatic N) is 1. The molecule has 0 aliphatic heterocycles. The van der Waals surface area contributed by atoms with Crippen molar-refractivity contribution in [1.29, 1.82) is 0 Å². The highest BCUT2D eigenvalue weighted by molar-refractivity contribution is 6.31. The van der Waals surface area contributed by atoms with Gasteiger partial charge in [-0.3, -0.25) is 4.98 Å². The van der Waals surface area contributed by atoms with Crippen LogP contribution in [0.2, 0.25) is 0 Å². The van der Waals surface area contributed by atoms with Crippen LogP contribution in [-0.4, -0.2) is 12.8 Å². The van der Waals surface area contributed by atoms with Crippen molar-refractivity contribution in [1.82, 2.24) is 4.98 Å². The molecule has 2 rings (SSSR count). The van der Waals surface area contributed by atoms with Crippen LogP contribution in [0.3, 0.4) is 0 Å². The van der Waals surface area contributed by atoms with Gasteiger partial charge in [-0.15, -0.1) is 0 Å². The summed E-state index contributed by atoms with van der Waals surface area (Å²) in [4.78, 5) is 4.21. The minimum atomic E-state index is 0.589. The van der Waals surface area contributed by atoms with Gasteiger partial charge in [0.05, 0.1) is 5.52 Å². The Kier molecular flexibility index (Phi) is 1.61. The predicted molar refractivity (Wildman–Crippen MR) is 51.9 cm³/mol. The number of benzene rings is 1. The first-order valence-corrected chi connectivity index (χ1v) is 3.89. The maximum atomic E-state index is 5.61. The first kappa shape index (κ1) is 7.35. The van der Waals surface area contributed by atoms with Crippen LogP contribution in [0, 0.1) is 6.92 Å². The van der Waals surface area contributed by atoms with Gasteiger partial charge in [-0.2, -0.15) is 0 Å². The Morgan fingerprint density at radius 2 is 2.00 bits per heavy atom. The number of aromatic nitrogens is 1. The maximum absolute atomic E-state index is 5.61. The molecule has 0 N–H and O–H groups in total. The van der Waals surface area contributed by atoms with E-state index in [0.717, 1.165) is 5.52 Å². The number of pyridine rings is 1. The molecule has 2 heteroatoms. The van der Waals surface area contributed by atoms with E-state index in [-0.39, 0.29) is 0 Å². The summed E-state index contributed by atoms with van der Waals surface area (Å²) in [5, 5.41) is 1.17. The number of aryl methyl sites for hydroxylation is 1. The number of rotatable bonds is 0. The fraction of sp³-hybridized carbons (Fsp3) is 0.100. The van der Waals surface area contributed by atoms with Crippen molar-refractivity contribution in [2.75, 3.05) is 0 Å². The van der Waals surface area contributed by atoms with Crippen molar-refractivity contribution in [3.05, 3.63) is 35.9 Å². The average molecular weight is 153 g/mol. The van der Waals surface area contributed by atoms with Crippen molar-refractivity contribution in [2.45, 2.75) is 6.92 Å². The van der Waals surface area contributed by atoms with Crippen molar-refractivity contribution in [3.8, 4) is 0 Å². The molecule has 12 heavy (non-hydrogen) atoms. The van der Waals surface area contributed by atoms with Crippen molar-refractivity contribution < 1.29 is 0 Å². The zero-order valence-corrected chi connectivity index (χ0v) is 6.91. The summed E-state index contributed by atoms with van der Waals surface area (Å²) in [5.41, 5.74) is 2.74. The van der Waals surface area contributed by atoms with Gasteiger partial charge >= 0.3 is 0 Å². The summed E-state index contributed by atoms with van der Waals surface area (Å²) >= 11 is 0. The lowest BCUT2D eigenvalue weighted by Crippen LogP contribution is -2.08. The molecule has 1 heterocycles. The van der Waals surface area contributed by atoms with E-state index in [0.29, 0.717) is 5.59 Å². The quantitative estimate of drug-likeness (QED) is 0.520. The Balaban J connectivity index is 2.89. The molecule has 0 bridgehead atoms. The molecule has 0 unspecified atom stereocenters. The summed E-state index contributed by atoms with van der Waals surface area (Å²) in [5.74, 6) is 0. The number of hydrogen-bond acceptors (Lipinski definition) is 1. The minimum absolute atomic E-state index is 0.589. The van der Waals surface area contributed by atoms with Gasteiger partial charge in [-0.05, 0) is 30.2 Å². The van der Waals surface area contributed by atoms with Crippen molar-refractivity contribution >= 4 is 24.3 Å². The zero-order valence-electron chi connectivity index (χ0n) is 6.91. The normalized spacial score (nSPS) is 10.4. The third-order valence-corrected chi connectivity index (χ3v) is 1.94. The summed E-state index contributed by atoms with van der Waals surface area (Å²) < 4.78 is 0. The van der Waals surface area contributed by atoms with Gasteiger partial charge < -0.3 is 0 Å². The molecule has 2 aromatic rings. The van der Waals surface area contributed by atoms with Gasteiger partial charge in [0.15, 0.2) is 0 Å². The predicted octanol–water partition coefficient (Wildman–Crippen LogP) is 1.34. The topological polar surface area (TPSA) is 12.9 Å². The standard InChI is InChI=1S/C10H8BN/c1-7-6-10(11)12-9-5-3-2-4-8(7)9/h2-6H,1H3. The van der Waals surface area contributed by atoms with Gasteiger partial charge in [-0.25, -0.2) is 0 Å². The Bertz CT molecular complexity index is 423. The van der Waals surface area contributed by atoms with E-state index in [1.165, 1.54) is 10.9 Å². The number of para-hydroxylation sites is 1. The SMILES string of the molecule is [B]c1cc(C)c2ccccc2n1. The second-order valence-electron chi connectivity index (χ2n) is 2.88. The molecule has 2 radical (unpaired) electrons. The Labute approximate surface area is 72.8 Å². The Hall–Kier alpha value is -1.31. The van der Waals surface area contributed by atoms with Gasteiger partial charge in [0, 0.05) is 5.39 Å². The zero-order chi connectivity index (χ0) is 8.55. The van der Waals surface area contributed by atoms with E-state index in [1.807, 2.05) is 31.2 Å². The van der Waals surface area contributed by atoms with Gasteiger partial charge in [0.25, 0.3) is 0 Å². The lowest BCUT2D eigenvalue weighted by atomic mass is 9.99. The summed E-state index contributed by atoms with van der Waals surface area (Å²) in [6.45, 7) is 2.04. The van der Waals surface area contributed by atoms with E-state index in [9.17, 15) is 0 Å². The molecule has 0 fully saturated rings. The molecular weight excluding hydrogens is 145 g/mol. The van der Waals surface area contributed by atoms with E-state index < -0.39 is 0 Å². The monoisotopic (exact) mass is 153 g/mol. The lowest BCUT2D eigenvalue weighted by Gasteiger charge is -2.02. The molecule has 0 saturated carbocycles. The Morgan fingerprint density at radius 1 is 1.25 bits per heavy atom. The van der Waals surface area contributed by atoms with Crippen LogP contribution in [-0.2, 0) is 0 Å². The molecule has 0 aliphatic carbocycles. The van der Waals surface area contributed by atoms with E-state index in [2.05, 4.69) is 11.1 Å². The largest absolute Gasteiger partial charge is 0.264 e. The highest BCUT2D eigenvalue weighted by atomic mass is 14.7. The first-order chi connectivity index (χ1) is 5.77. The van der Waals surface area contributed by atoms with Gasteiger partial charge in [0.1, 0.15) is 7.85 Å². The smallest absolute Gasteiger partial charge is 0.141 e. The third kappa shape index (κ3) is 1.09. The fourth-order valence-electron chi connectivity index (χ4n) is 1.38. The molecule has 0 saturated heterocycles. The van der Waals surface area contributed by atoms with Crippen LogP contribution in [0.25, 0.3) is 10.9 Å². The average Bonchev–Trinajstić information content (AvgIpc) is 2.04. The van der Waals surface area contributed by atoms with E-state index in [4.69, 9.17) is 7.85 Å². The molecular formula is C10H8BN. The third-order valence-electron chi connectivity index (χ3n) is 1.94. The van der Waals surface area contributed by atoms with Crippen molar-refractivity contribution in [2.24, 2.45) is 0 Å². The molecule has 56 valence electrons. The minimum Gasteiger partial charge on any atom is -0.264 e. The van der Waals surface area contributed by atoms with Crippen LogP contribution in [0.5, 0.6) is 0 Å². The van der Waals surface area contributed by atoms with Crippen LogP contribution >= 0.6 is 0 Å². The molecule has 0 spiro atoms. The number of fused-ring (bicyclic) bond motifs is 1. The van der Waals surface area contributed by atoms with Crippen LogP contribution in [0.15, 0.2) is 30.3 Å². The fourth-order valence-corrected chi connectivity index (χ4v) is 1.38. The van der Waals surface area contributed by atoms with Crippen LogP contribution in [0.4, 0.5) is 0 Å². The number of hydrogen-bond donors (Lipinski definition) is 0. The summed E-state index contributed by atoms with van der Waals surface area (Å²) in [7, 11) is 5.61. The maximum Gasteiger partial charge on any atom is 0.141 e. The molecule has 1 nitrogen and oxygen atoms in total. The van der Waals surface area contributed by atoms with Crippen LogP contribution in [0.1, 0.15) is 5.56 Å². The molecule has 0 amide bonds.